The van der Waals surface area contributed by atoms with E-state index in [1.165, 1.54) is 11.8 Å². The molecular weight excluding hydrogens is 410 g/mol. The minimum Gasteiger partial charge on any atom is -0.497 e. The highest BCUT2D eigenvalue weighted by Crippen LogP contribution is 2.28. The average Bonchev–Trinajstić information content (AvgIpc) is 3.39. The van der Waals surface area contributed by atoms with Crippen molar-refractivity contribution in [2.75, 3.05) is 7.11 Å². The van der Waals surface area contributed by atoms with E-state index in [1.54, 1.807) is 19.2 Å². The number of hydrogen-bond donors (Lipinski definition) is 0. The van der Waals surface area contributed by atoms with E-state index in [9.17, 15) is 0 Å². The maximum atomic E-state index is 6.03. The van der Waals surface area contributed by atoms with Gasteiger partial charge in [-0.1, -0.05) is 40.7 Å². The standard InChI is InChI=1S/C20H18ClN5O2S/c1-3-26-19(13-7-9-16(27-2)10-8-13)23-24-20(26)29-12-17-22-18(25-28-17)14-5-4-6-15(21)11-14/h4-11H,3,12H2,1-2H3. The first-order chi connectivity index (χ1) is 14.2. The number of aromatic nitrogens is 5. The lowest BCUT2D eigenvalue weighted by Crippen LogP contribution is -2.00. The quantitative estimate of drug-likeness (QED) is 0.385. The number of ether oxygens (including phenoxy) is 1. The molecule has 0 aliphatic rings. The fourth-order valence-corrected chi connectivity index (χ4v) is 3.85. The molecule has 148 valence electrons. The summed E-state index contributed by atoms with van der Waals surface area (Å²) in [7, 11) is 1.65. The van der Waals surface area contributed by atoms with Crippen molar-refractivity contribution in [2.45, 2.75) is 24.4 Å². The van der Waals surface area contributed by atoms with Gasteiger partial charge < -0.3 is 13.8 Å². The third-order valence-electron chi connectivity index (χ3n) is 4.26. The molecule has 0 aliphatic heterocycles. The first-order valence-electron chi connectivity index (χ1n) is 8.97. The van der Waals surface area contributed by atoms with Gasteiger partial charge in [0.25, 0.3) is 0 Å². The van der Waals surface area contributed by atoms with Gasteiger partial charge in [-0.3, -0.25) is 0 Å². The summed E-state index contributed by atoms with van der Waals surface area (Å²) in [5, 5.41) is 14.2. The zero-order valence-corrected chi connectivity index (χ0v) is 17.4. The third-order valence-corrected chi connectivity index (χ3v) is 5.44. The van der Waals surface area contributed by atoms with Crippen LogP contribution in [0, 0.1) is 0 Å². The van der Waals surface area contributed by atoms with Crippen LogP contribution in [0.15, 0.2) is 58.2 Å². The van der Waals surface area contributed by atoms with Gasteiger partial charge in [0.2, 0.25) is 11.7 Å². The second kappa shape index (κ2) is 8.67. The molecule has 0 radical (unpaired) electrons. The summed E-state index contributed by atoms with van der Waals surface area (Å²) in [4.78, 5) is 4.45. The molecule has 0 fully saturated rings. The van der Waals surface area contributed by atoms with E-state index in [4.69, 9.17) is 20.9 Å². The molecule has 9 heteroatoms. The zero-order valence-electron chi connectivity index (χ0n) is 15.9. The van der Waals surface area contributed by atoms with Crippen molar-refractivity contribution in [2.24, 2.45) is 0 Å². The monoisotopic (exact) mass is 427 g/mol. The Labute approximate surface area is 177 Å². The summed E-state index contributed by atoms with van der Waals surface area (Å²) >= 11 is 7.53. The first-order valence-corrected chi connectivity index (χ1v) is 10.3. The Morgan fingerprint density at radius 3 is 2.66 bits per heavy atom. The highest BCUT2D eigenvalue weighted by atomic mass is 35.5. The van der Waals surface area contributed by atoms with Crippen LogP contribution in [0.5, 0.6) is 5.75 Å². The highest BCUT2D eigenvalue weighted by molar-refractivity contribution is 7.98. The predicted octanol–water partition coefficient (Wildman–Crippen LogP) is 4.97. The van der Waals surface area contributed by atoms with Gasteiger partial charge in [-0.05, 0) is 43.3 Å². The van der Waals surface area contributed by atoms with Gasteiger partial charge in [0, 0.05) is 22.7 Å². The summed E-state index contributed by atoms with van der Waals surface area (Å²) in [6, 6.07) is 15.1. The number of methoxy groups -OCH3 is 1. The molecule has 29 heavy (non-hydrogen) atoms. The van der Waals surface area contributed by atoms with Gasteiger partial charge in [-0.2, -0.15) is 4.98 Å². The molecule has 0 unspecified atom stereocenters. The Hall–Kier alpha value is -2.84. The number of thioether (sulfide) groups is 1. The number of halogens is 1. The largest absolute Gasteiger partial charge is 0.497 e. The van der Waals surface area contributed by atoms with Crippen LogP contribution in [0.4, 0.5) is 0 Å². The van der Waals surface area contributed by atoms with Crippen molar-refractivity contribution in [3.8, 4) is 28.5 Å². The Morgan fingerprint density at radius 2 is 1.93 bits per heavy atom. The number of hydrogen-bond acceptors (Lipinski definition) is 7. The van der Waals surface area contributed by atoms with Crippen LogP contribution in [0.2, 0.25) is 5.02 Å². The molecular formula is C20H18ClN5O2S. The van der Waals surface area contributed by atoms with E-state index in [0.29, 0.717) is 22.5 Å². The van der Waals surface area contributed by atoms with E-state index < -0.39 is 0 Å². The van der Waals surface area contributed by atoms with E-state index in [-0.39, 0.29) is 0 Å². The maximum Gasteiger partial charge on any atom is 0.237 e. The molecule has 2 aromatic heterocycles. The van der Waals surface area contributed by atoms with E-state index in [0.717, 1.165) is 34.4 Å². The van der Waals surface area contributed by atoms with Crippen LogP contribution in [0.3, 0.4) is 0 Å². The average molecular weight is 428 g/mol. The lowest BCUT2D eigenvalue weighted by Gasteiger charge is -2.07. The Morgan fingerprint density at radius 1 is 1.10 bits per heavy atom. The van der Waals surface area contributed by atoms with Crippen LogP contribution in [0.25, 0.3) is 22.8 Å². The summed E-state index contributed by atoms with van der Waals surface area (Å²) in [6.45, 7) is 2.80. The molecule has 4 rings (SSSR count). The summed E-state index contributed by atoms with van der Waals surface area (Å²) < 4.78 is 12.6. The molecule has 0 N–H and O–H groups in total. The number of benzene rings is 2. The normalized spacial score (nSPS) is 11.0. The van der Waals surface area contributed by atoms with Crippen molar-refractivity contribution in [1.82, 2.24) is 24.9 Å². The molecule has 0 saturated heterocycles. The topological polar surface area (TPSA) is 78.9 Å². The van der Waals surface area contributed by atoms with Crippen LogP contribution in [0.1, 0.15) is 12.8 Å². The third kappa shape index (κ3) is 4.28. The van der Waals surface area contributed by atoms with Crippen molar-refractivity contribution in [1.29, 1.82) is 0 Å². The molecule has 0 amide bonds. The summed E-state index contributed by atoms with van der Waals surface area (Å²) in [5.74, 6) is 3.13. The fraction of sp³-hybridized carbons (Fsp3) is 0.200. The lowest BCUT2D eigenvalue weighted by molar-refractivity contribution is 0.391. The van der Waals surface area contributed by atoms with Crippen LogP contribution < -0.4 is 4.74 Å². The number of nitrogens with zero attached hydrogens (tertiary/aromatic N) is 5. The van der Waals surface area contributed by atoms with Gasteiger partial charge in [0.15, 0.2) is 11.0 Å². The minimum atomic E-state index is 0.494. The molecule has 0 bridgehead atoms. The first kappa shape index (κ1) is 19.5. The molecule has 2 aromatic carbocycles. The van der Waals surface area contributed by atoms with Gasteiger partial charge >= 0.3 is 0 Å². The predicted molar refractivity (Wildman–Crippen MR) is 112 cm³/mol. The van der Waals surface area contributed by atoms with E-state index in [2.05, 4.69) is 31.8 Å². The van der Waals surface area contributed by atoms with Crippen LogP contribution in [-0.2, 0) is 12.3 Å². The Kier molecular flexibility index (Phi) is 5.82. The second-order valence-electron chi connectivity index (χ2n) is 6.09. The zero-order chi connectivity index (χ0) is 20.2. The fourth-order valence-electron chi connectivity index (χ4n) is 2.82. The maximum absolute atomic E-state index is 6.03. The lowest BCUT2D eigenvalue weighted by atomic mass is 10.2. The van der Waals surface area contributed by atoms with Gasteiger partial charge in [0.05, 0.1) is 12.9 Å². The molecule has 7 nitrogen and oxygen atoms in total. The van der Waals surface area contributed by atoms with Crippen LogP contribution >= 0.6 is 23.4 Å². The molecule has 2 heterocycles. The van der Waals surface area contributed by atoms with Gasteiger partial charge in [-0.25, -0.2) is 0 Å². The molecule has 0 saturated carbocycles. The number of rotatable bonds is 7. The summed E-state index contributed by atoms with van der Waals surface area (Å²) in [6.07, 6.45) is 0. The Bertz CT molecular complexity index is 1110. The molecule has 0 spiro atoms. The van der Waals surface area contributed by atoms with E-state index >= 15 is 0 Å². The molecule has 4 aromatic rings. The SMILES string of the molecule is CCn1c(SCc2nc(-c3cccc(Cl)c3)no2)nnc1-c1ccc(OC)cc1. The van der Waals surface area contributed by atoms with Gasteiger partial charge in [-0.15, -0.1) is 10.2 Å². The highest BCUT2D eigenvalue weighted by Gasteiger charge is 2.15. The van der Waals surface area contributed by atoms with Crippen molar-refractivity contribution in [3.05, 3.63) is 59.4 Å². The van der Waals surface area contributed by atoms with Crippen molar-refractivity contribution >= 4 is 23.4 Å². The van der Waals surface area contributed by atoms with Crippen LogP contribution in [-0.4, -0.2) is 32.0 Å². The smallest absolute Gasteiger partial charge is 0.237 e. The summed E-state index contributed by atoms with van der Waals surface area (Å²) in [5.41, 5.74) is 1.80. The Balaban J connectivity index is 1.50. The molecule has 0 atom stereocenters. The van der Waals surface area contributed by atoms with Gasteiger partial charge in [0.1, 0.15) is 5.75 Å². The molecule has 0 aliphatic carbocycles. The van der Waals surface area contributed by atoms with Crippen molar-refractivity contribution in [3.63, 3.8) is 0 Å². The minimum absolute atomic E-state index is 0.494. The van der Waals surface area contributed by atoms with E-state index in [1.807, 2.05) is 36.4 Å². The van der Waals surface area contributed by atoms with Crippen molar-refractivity contribution < 1.29 is 9.26 Å². The second-order valence-corrected chi connectivity index (χ2v) is 7.47.